The van der Waals surface area contributed by atoms with Crippen molar-refractivity contribution < 1.29 is 4.57 Å². The Morgan fingerprint density at radius 2 is 1.86 bits per heavy atom. The highest BCUT2D eigenvalue weighted by atomic mass is 15.2. The van der Waals surface area contributed by atoms with Crippen molar-refractivity contribution in [3.63, 3.8) is 0 Å². The predicted octanol–water partition coefficient (Wildman–Crippen LogP) is 1.78. The largest absolute Gasteiger partial charge is 0.269 e. The van der Waals surface area contributed by atoms with E-state index in [1.807, 2.05) is 24.8 Å². The number of imidazole rings is 1. The standard InChI is InChI=1S/C16H14N5/c1-19-13-4-6-18-8-12(13)14-16(19)21-9-10-3-5-17-7-11(10)15(21)20(14)2/h3-8H,9H2,1-2H3/q+1. The van der Waals surface area contributed by atoms with Gasteiger partial charge in [-0.3, -0.25) is 19.1 Å². The molecule has 0 radical (unpaired) electrons. The molecule has 0 atom stereocenters. The van der Waals surface area contributed by atoms with Crippen molar-refractivity contribution in [2.45, 2.75) is 6.54 Å². The zero-order chi connectivity index (χ0) is 14.1. The summed E-state index contributed by atoms with van der Waals surface area (Å²) in [4.78, 5) is 8.59. The molecule has 0 N–H and O–H groups in total. The molecule has 0 fully saturated rings. The summed E-state index contributed by atoms with van der Waals surface area (Å²) in [7, 11) is 4.25. The molecule has 102 valence electrons. The zero-order valence-electron chi connectivity index (χ0n) is 11.9. The monoisotopic (exact) mass is 276 g/mol. The second kappa shape index (κ2) is 3.49. The first-order chi connectivity index (χ1) is 10.3. The van der Waals surface area contributed by atoms with Crippen molar-refractivity contribution >= 4 is 22.1 Å². The topological polar surface area (TPSA) is 39.5 Å². The van der Waals surface area contributed by atoms with E-state index in [0.29, 0.717) is 0 Å². The highest BCUT2D eigenvalue weighted by molar-refractivity contribution is 6.04. The predicted molar refractivity (Wildman–Crippen MR) is 79.7 cm³/mol. The van der Waals surface area contributed by atoms with Crippen LogP contribution in [0.1, 0.15) is 5.56 Å². The second-order valence-corrected chi connectivity index (χ2v) is 5.63. The third-order valence-corrected chi connectivity index (χ3v) is 4.59. The molecule has 4 aromatic heterocycles. The summed E-state index contributed by atoms with van der Waals surface area (Å²) in [6.07, 6.45) is 7.64. The van der Waals surface area contributed by atoms with Gasteiger partial charge < -0.3 is 0 Å². The Hall–Kier alpha value is -2.69. The molecule has 1 aliphatic heterocycles. The fourth-order valence-electron chi connectivity index (χ4n) is 3.69. The smallest absolute Gasteiger partial charge is 0.264 e. The van der Waals surface area contributed by atoms with Gasteiger partial charge in [-0.15, -0.1) is 0 Å². The Kier molecular flexibility index (Phi) is 1.83. The number of hydrogen-bond acceptors (Lipinski definition) is 2. The Morgan fingerprint density at radius 1 is 1.05 bits per heavy atom. The minimum Gasteiger partial charge on any atom is -0.264 e. The summed E-state index contributed by atoms with van der Waals surface area (Å²) in [5.41, 5.74) is 6.26. The average molecular weight is 276 g/mol. The minimum atomic E-state index is 0.905. The Morgan fingerprint density at radius 3 is 2.76 bits per heavy atom. The van der Waals surface area contributed by atoms with Gasteiger partial charge in [0.05, 0.1) is 31.6 Å². The van der Waals surface area contributed by atoms with Crippen molar-refractivity contribution in [1.29, 1.82) is 0 Å². The highest BCUT2D eigenvalue weighted by Crippen LogP contribution is 2.34. The van der Waals surface area contributed by atoms with E-state index in [4.69, 9.17) is 0 Å². The van der Waals surface area contributed by atoms with E-state index >= 15 is 0 Å². The van der Waals surface area contributed by atoms with Crippen molar-refractivity contribution in [3.8, 4) is 11.4 Å². The number of fused-ring (bicyclic) bond motifs is 7. The van der Waals surface area contributed by atoms with Gasteiger partial charge in [0.2, 0.25) is 5.82 Å². The normalized spacial score (nSPS) is 13.0. The maximum absolute atomic E-state index is 4.30. The molecule has 0 bridgehead atoms. The molecule has 5 heteroatoms. The summed E-state index contributed by atoms with van der Waals surface area (Å²) < 4.78 is 6.91. The summed E-state index contributed by atoms with van der Waals surface area (Å²) in [5.74, 6) is 1.23. The van der Waals surface area contributed by atoms with Crippen LogP contribution in [-0.2, 0) is 20.6 Å². The van der Waals surface area contributed by atoms with Crippen LogP contribution >= 0.6 is 0 Å². The maximum atomic E-state index is 4.30. The molecular weight excluding hydrogens is 262 g/mol. The van der Waals surface area contributed by atoms with Gasteiger partial charge >= 0.3 is 0 Å². The van der Waals surface area contributed by atoms with E-state index in [0.717, 1.165) is 6.54 Å². The molecular formula is C16H14N5+. The molecule has 0 unspecified atom stereocenters. The fourth-order valence-corrected chi connectivity index (χ4v) is 3.69. The molecule has 0 aliphatic carbocycles. The van der Waals surface area contributed by atoms with Crippen LogP contribution in [0.3, 0.4) is 0 Å². The van der Waals surface area contributed by atoms with Crippen molar-refractivity contribution in [3.05, 3.63) is 42.5 Å². The Balaban J connectivity index is 2.02. The third kappa shape index (κ3) is 1.15. The SMILES string of the molecule is Cn1c2[n+](c3c1c1cnccc1n3C)Cc1ccncc1-2. The van der Waals surface area contributed by atoms with Gasteiger partial charge in [-0.05, 0) is 12.1 Å². The fraction of sp³-hybridized carbons (Fsp3) is 0.188. The average Bonchev–Trinajstić information content (AvgIpc) is 3.11. The Bertz CT molecular complexity index is 1040. The minimum absolute atomic E-state index is 0.905. The molecule has 0 amide bonds. The lowest BCUT2D eigenvalue weighted by Crippen LogP contribution is -2.33. The molecule has 1 aliphatic rings. The van der Waals surface area contributed by atoms with E-state index in [-0.39, 0.29) is 0 Å². The van der Waals surface area contributed by atoms with Gasteiger partial charge in [-0.25, -0.2) is 4.57 Å². The number of rotatable bonds is 0. The van der Waals surface area contributed by atoms with Crippen LogP contribution in [0.5, 0.6) is 0 Å². The number of hydrogen-bond donors (Lipinski definition) is 0. The summed E-state index contributed by atoms with van der Waals surface area (Å²) in [5, 5.41) is 1.20. The van der Waals surface area contributed by atoms with Gasteiger partial charge in [-0.2, -0.15) is 0 Å². The van der Waals surface area contributed by atoms with Crippen LogP contribution in [0.25, 0.3) is 33.5 Å². The lowest BCUT2D eigenvalue weighted by Gasteiger charge is -1.97. The van der Waals surface area contributed by atoms with Crippen LogP contribution < -0.4 is 4.57 Å². The summed E-state index contributed by atoms with van der Waals surface area (Å²) in [6, 6.07) is 4.18. The van der Waals surface area contributed by atoms with E-state index in [1.54, 1.807) is 0 Å². The van der Waals surface area contributed by atoms with Crippen molar-refractivity contribution in [2.75, 3.05) is 0 Å². The molecule has 0 aromatic carbocycles. The van der Waals surface area contributed by atoms with Gasteiger partial charge in [0, 0.05) is 30.4 Å². The summed E-state index contributed by atoms with van der Waals surface area (Å²) >= 11 is 0. The third-order valence-electron chi connectivity index (χ3n) is 4.59. The van der Waals surface area contributed by atoms with E-state index in [9.17, 15) is 0 Å². The van der Waals surface area contributed by atoms with Crippen LogP contribution in [0, 0.1) is 0 Å². The molecule has 5 heterocycles. The first-order valence-electron chi connectivity index (χ1n) is 7.01. The quantitative estimate of drug-likeness (QED) is 0.404. The van der Waals surface area contributed by atoms with Crippen molar-refractivity contribution in [1.82, 2.24) is 19.1 Å². The number of aryl methyl sites for hydroxylation is 2. The molecule has 0 saturated carbocycles. The molecule has 21 heavy (non-hydrogen) atoms. The zero-order valence-corrected chi connectivity index (χ0v) is 11.9. The van der Waals surface area contributed by atoms with Gasteiger partial charge in [-0.1, -0.05) is 0 Å². The van der Waals surface area contributed by atoms with Crippen LogP contribution in [-0.4, -0.2) is 19.1 Å². The van der Waals surface area contributed by atoms with E-state index < -0.39 is 0 Å². The maximum Gasteiger partial charge on any atom is 0.269 e. The van der Waals surface area contributed by atoms with Crippen LogP contribution in [0.15, 0.2) is 36.9 Å². The number of aromatic nitrogens is 5. The molecule has 5 rings (SSSR count). The molecule has 0 saturated heterocycles. The van der Waals surface area contributed by atoms with Crippen LogP contribution in [0.4, 0.5) is 0 Å². The molecule has 5 nitrogen and oxygen atoms in total. The van der Waals surface area contributed by atoms with E-state index in [2.05, 4.69) is 49.9 Å². The van der Waals surface area contributed by atoms with E-state index in [1.165, 1.54) is 39.0 Å². The van der Waals surface area contributed by atoms with Crippen molar-refractivity contribution in [2.24, 2.45) is 14.1 Å². The van der Waals surface area contributed by atoms with Gasteiger partial charge in [0.25, 0.3) is 5.65 Å². The second-order valence-electron chi connectivity index (χ2n) is 5.63. The van der Waals surface area contributed by atoms with Gasteiger partial charge in [0.1, 0.15) is 5.52 Å². The molecule has 0 spiro atoms. The summed E-state index contributed by atoms with van der Waals surface area (Å²) in [6.45, 7) is 0.905. The lowest BCUT2D eigenvalue weighted by molar-refractivity contribution is -0.648. The molecule has 4 aromatic rings. The Labute approximate surface area is 121 Å². The number of pyridine rings is 2. The van der Waals surface area contributed by atoms with Crippen LogP contribution in [0.2, 0.25) is 0 Å². The van der Waals surface area contributed by atoms with Gasteiger partial charge in [0.15, 0.2) is 5.52 Å². The first-order valence-corrected chi connectivity index (χ1v) is 7.01. The highest BCUT2D eigenvalue weighted by Gasteiger charge is 2.34. The lowest BCUT2D eigenvalue weighted by atomic mass is 10.2. The number of nitrogens with zero attached hydrogens (tertiary/aromatic N) is 5. The first kappa shape index (κ1) is 11.0.